The molecule has 0 aromatic heterocycles. The van der Waals surface area contributed by atoms with Crippen LogP contribution in [-0.4, -0.2) is 6.21 Å². The van der Waals surface area contributed by atoms with Gasteiger partial charge in [0.1, 0.15) is 5.82 Å². The van der Waals surface area contributed by atoms with E-state index in [1.165, 1.54) is 0 Å². The lowest BCUT2D eigenvalue weighted by molar-refractivity contribution is 1.32. The zero-order valence-corrected chi connectivity index (χ0v) is 12.5. The molecular weight excluding hydrogens is 244 g/mol. The zero-order valence-electron chi connectivity index (χ0n) is 12.5. The van der Waals surface area contributed by atoms with Gasteiger partial charge in [-0.1, -0.05) is 55.2 Å². The van der Waals surface area contributed by atoms with E-state index < -0.39 is 0 Å². The van der Waals surface area contributed by atoms with Crippen LogP contribution in [0.2, 0.25) is 0 Å². The molecule has 2 heteroatoms. The second-order valence-electron chi connectivity index (χ2n) is 4.39. The van der Waals surface area contributed by atoms with E-state index in [1.807, 2.05) is 51.1 Å². The summed E-state index contributed by atoms with van der Waals surface area (Å²) in [5.74, 6) is 0.618. The van der Waals surface area contributed by atoms with Gasteiger partial charge in [-0.2, -0.15) is 0 Å². The number of hydrogen-bond acceptors (Lipinski definition) is 2. The molecule has 0 spiro atoms. The van der Waals surface area contributed by atoms with Gasteiger partial charge in [0, 0.05) is 17.5 Å². The van der Waals surface area contributed by atoms with Crippen LogP contribution in [0.4, 0.5) is 5.69 Å². The summed E-state index contributed by atoms with van der Waals surface area (Å²) in [6.45, 7) is 13.8. The van der Waals surface area contributed by atoms with Crippen molar-refractivity contribution in [3.8, 4) is 0 Å². The summed E-state index contributed by atoms with van der Waals surface area (Å²) in [5.41, 5.74) is 4.17. The minimum atomic E-state index is 0.618. The van der Waals surface area contributed by atoms with Crippen molar-refractivity contribution in [1.82, 2.24) is 0 Å². The van der Waals surface area contributed by atoms with Crippen LogP contribution < -0.4 is 5.32 Å². The van der Waals surface area contributed by atoms with Crippen LogP contribution in [0.5, 0.6) is 0 Å². The SMILES string of the molecule is C=C(N=CC)Nc1ccccc1C(=C/C=C\C)C(=C)C. The van der Waals surface area contributed by atoms with E-state index in [4.69, 9.17) is 0 Å². The van der Waals surface area contributed by atoms with E-state index in [2.05, 4.69) is 35.6 Å². The first-order valence-corrected chi connectivity index (χ1v) is 6.63. The number of benzene rings is 1. The van der Waals surface area contributed by atoms with E-state index in [9.17, 15) is 0 Å². The lowest BCUT2D eigenvalue weighted by Gasteiger charge is -2.14. The molecule has 1 N–H and O–H groups in total. The number of para-hydroxylation sites is 1. The van der Waals surface area contributed by atoms with E-state index in [0.717, 1.165) is 22.4 Å². The highest BCUT2D eigenvalue weighted by Gasteiger charge is 2.07. The summed E-state index contributed by atoms with van der Waals surface area (Å²) in [6.07, 6.45) is 7.79. The number of rotatable bonds is 6. The number of aliphatic imine (C=N–C) groups is 1. The maximum atomic E-state index is 4.14. The molecule has 0 bridgehead atoms. The van der Waals surface area contributed by atoms with Crippen LogP contribution >= 0.6 is 0 Å². The molecule has 0 aliphatic heterocycles. The van der Waals surface area contributed by atoms with Gasteiger partial charge < -0.3 is 5.32 Å². The first-order chi connectivity index (χ1) is 9.60. The van der Waals surface area contributed by atoms with Crippen LogP contribution in [0.25, 0.3) is 5.57 Å². The molecule has 1 aromatic rings. The molecule has 0 heterocycles. The quantitative estimate of drug-likeness (QED) is 0.555. The second-order valence-corrected chi connectivity index (χ2v) is 4.39. The van der Waals surface area contributed by atoms with Crippen LogP contribution in [0, 0.1) is 0 Å². The predicted molar refractivity (Wildman–Crippen MR) is 91.0 cm³/mol. The smallest absolute Gasteiger partial charge is 0.122 e. The fourth-order valence-corrected chi connectivity index (χ4v) is 1.82. The Morgan fingerprint density at radius 2 is 1.90 bits per heavy atom. The van der Waals surface area contributed by atoms with Gasteiger partial charge in [0.2, 0.25) is 0 Å². The Balaban J connectivity index is 3.23. The molecule has 0 radical (unpaired) electrons. The van der Waals surface area contributed by atoms with E-state index >= 15 is 0 Å². The van der Waals surface area contributed by atoms with Gasteiger partial charge in [0.05, 0.1) is 0 Å². The normalized spacial score (nSPS) is 12.1. The molecular formula is C18H22N2. The maximum absolute atomic E-state index is 4.14. The Hall–Kier alpha value is -2.35. The summed E-state index contributed by atoms with van der Waals surface area (Å²) in [6, 6.07) is 8.08. The summed E-state index contributed by atoms with van der Waals surface area (Å²) in [7, 11) is 0. The number of anilines is 1. The van der Waals surface area contributed by atoms with Crippen LogP contribution in [0.3, 0.4) is 0 Å². The molecule has 1 aromatic carbocycles. The maximum Gasteiger partial charge on any atom is 0.122 e. The molecule has 2 nitrogen and oxygen atoms in total. The molecule has 0 aliphatic carbocycles. The van der Waals surface area contributed by atoms with Crippen molar-refractivity contribution < 1.29 is 0 Å². The summed E-state index contributed by atoms with van der Waals surface area (Å²) in [4.78, 5) is 4.14. The molecule has 0 saturated carbocycles. The molecule has 104 valence electrons. The predicted octanol–water partition coefficient (Wildman–Crippen LogP) is 5.20. The first kappa shape index (κ1) is 15.7. The summed E-state index contributed by atoms with van der Waals surface area (Å²) in [5, 5.41) is 3.22. The average Bonchev–Trinajstić information content (AvgIpc) is 2.41. The highest BCUT2D eigenvalue weighted by Crippen LogP contribution is 2.29. The van der Waals surface area contributed by atoms with Gasteiger partial charge in [-0.15, -0.1) is 0 Å². The fraction of sp³-hybridized carbons (Fsp3) is 0.167. The molecule has 0 atom stereocenters. The van der Waals surface area contributed by atoms with Crippen molar-refractivity contribution in [3.63, 3.8) is 0 Å². The monoisotopic (exact) mass is 266 g/mol. The topological polar surface area (TPSA) is 24.4 Å². The average molecular weight is 266 g/mol. The van der Waals surface area contributed by atoms with Crippen molar-refractivity contribution in [2.24, 2.45) is 4.99 Å². The lowest BCUT2D eigenvalue weighted by Crippen LogP contribution is -2.00. The van der Waals surface area contributed by atoms with E-state index in [1.54, 1.807) is 6.21 Å². The highest BCUT2D eigenvalue weighted by molar-refractivity contribution is 5.86. The number of nitrogens with zero attached hydrogens (tertiary/aromatic N) is 1. The molecule has 0 unspecified atom stereocenters. The third kappa shape index (κ3) is 4.39. The molecule has 0 amide bonds. The van der Waals surface area contributed by atoms with Gasteiger partial charge in [-0.3, -0.25) is 0 Å². The van der Waals surface area contributed by atoms with Crippen molar-refractivity contribution in [2.75, 3.05) is 5.32 Å². The first-order valence-electron chi connectivity index (χ1n) is 6.63. The summed E-state index contributed by atoms with van der Waals surface area (Å²) < 4.78 is 0. The number of hydrogen-bond donors (Lipinski definition) is 1. The minimum absolute atomic E-state index is 0.618. The summed E-state index contributed by atoms with van der Waals surface area (Å²) >= 11 is 0. The largest absolute Gasteiger partial charge is 0.340 e. The third-order valence-corrected chi connectivity index (χ3v) is 2.70. The molecule has 0 fully saturated rings. The van der Waals surface area contributed by atoms with E-state index in [0.29, 0.717) is 5.82 Å². The lowest BCUT2D eigenvalue weighted by atomic mass is 9.97. The fourth-order valence-electron chi connectivity index (χ4n) is 1.82. The Morgan fingerprint density at radius 1 is 1.20 bits per heavy atom. The van der Waals surface area contributed by atoms with Crippen LogP contribution in [0.1, 0.15) is 26.3 Å². The Kier molecular flexibility index (Phi) is 6.24. The Bertz CT molecular complexity index is 575. The molecule has 0 saturated heterocycles. The van der Waals surface area contributed by atoms with Gasteiger partial charge in [-0.25, -0.2) is 4.99 Å². The highest BCUT2D eigenvalue weighted by atomic mass is 15.0. The minimum Gasteiger partial charge on any atom is -0.340 e. The Labute approximate surface area is 121 Å². The van der Waals surface area contributed by atoms with Crippen molar-refractivity contribution in [2.45, 2.75) is 20.8 Å². The van der Waals surface area contributed by atoms with Gasteiger partial charge in [0.25, 0.3) is 0 Å². The molecule has 1 rings (SSSR count). The second kappa shape index (κ2) is 7.95. The van der Waals surface area contributed by atoms with Crippen molar-refractivity contribution in [3.05, 3.63) is 72.6 Å². The van der Waals surface area contributed by atoms with Crippen LogP contribution in [0.15, 0.2) is 72.0 Å². The number of nitrogens with one attached hydrogen (secondary N) is 1. The molecule has 0 aliphatic rings. The van der Waals surface area contributed by atoms with E-state index in [-0.39, 0.29) is 0 Å². The molecule has 20 heavy (non-hydrogen) atoms. The third-order valence-electron chi connectivity index (χ3n) is 2.70. The van der Waals surface area contributed by atoms with Gasteiger partial charge in [0.15, 0.2) is 0 Å². The standard InChI is InChI=1S/C18H22N2/c1-6-8-11-16(14(3)4)17-12-9-10-13-18(17)20-15(5)19-7-2/h6-13,20H,3,5H2,1-2,4H3/b8-6-,16-11?,19-7?. The van der Waals surface area contributed by atoms with Crippen molar-refractivity contribution in [1.29, 1.82) is 0 Å². The van der Waals surface area contributed by atoms with Gasteiger partial charge in [-0.05, 0) is 32.4 Å². The van der Waals surface area contributed by atoms with Crippen LogP contribution in [-0.2, 0) is 0 Å². The number of allylic oxidation sites excluding steroid dienone is 5. The Morgan fingerprint density at radius 3 is 2.50 bits per heavy atom. The zero-order chi connectivity index (χ0) is 15.0. The van der Waals surface area contributed by atoms with Gasteiger partial charge >= 0.3 is 0 Å². The van der Waals surface area contributed by atoms with Crippen molar-refractivity contribution >= 4 is 17.5 Å².